The van der Waals surface area contributed by atoms with Crippen LogP contribution in [0.4, 0.5) is 0 Å². The second-order valence-corrected chi connectivity index (χ2v) is 4.83. The summed E-state index contributed by atoms with van der Waals surface area (Å²) in [4.78, 5) is 12.3. The van der Waals surface area contributed by atoms with Crippen LogP contribution in [0, 0.1) is 0 Å². The number of benzene rings is 2. The number of rotatable bonds is 3. The van der Waals surface area contributed by atoms with Gasteiger partial charge in [0.25, 0.3) is 0 Å². The number of hydrogen-bond donors (Lipinski definition) is 0. The molecule has 0 amide bonds. The summed E-state index contributed by atoms with van der Waals surface area (Å²) in [6.07, 6.45) is 0.270. The van der Waals surface area contributed by atoms with Crippen molar-refractivity contribution in [2.45, 2.75) is 12.5 Å². The molecule has 0 radical (unpaired) electrons. The summed E-state index contributed by atoms with van der Waals surface area (Å²) in [5, 5.41) is 0. The fourth-order valence-corrected chi connectivity index (χ4v) is 2.68. The number of esters is 1. The van der Waals surface area contributed by atoms with E-state index < -0.39 is 0 Å². The number of para-hydroxylation sites is 1. The van der Waals surface area contributed by atoms with Gasteiger partial charge in [-0.05, 0) is 17.7 Å². The molecule has 1 atom stereocenters. The van der Waals surface area contributed by atoms with Gasteiger partial charge >= 0.3 is 5.97 Å². The van der Waals surface area contributed by atoms with Crippen molar-refractivity contribution in [3.8, 4) is 11.5 Å². The van der Waals surface area contributed by atoms with Gasteiger partial charge in [-0.1, -0.05) is 30.3 Å². The van der Waals surface area contributed by atoms with Crippen molar-refractivity contribution in [2.24, 2.45) is 0 Å². The van der Waals surface area contributed by atoms with Crippen molar-refractivity contribution in [3.05, 3.63) is 59.2 Å². The first kappa shape index (κ1) is 13.5. The van der Waals surface area contributed by atoms with E-state index in [4.69, 9.17) is 14.2 Å². The quantitative estimate of drug-likeness (QED) is 0.812. The van der Waals surface area contributed by atoms with Gasteiger partial charge in [0.1, 0.15) is 23.2 Å². The van der Waals surface area contributed by atoms with Crippen LogP contribution in [0.1, 0.15) is 27.6 Å². The van der Waals surface area contributed by atoms with Crippen molar-refractivity contribution in [1.82, 2.24) is 0 Å². The number of fused-ring (bicyclic) bond motifs is 1. The van der Waals surface area contributed by atoms with Crippen LogP contribution >= 0.6 is 0 Å². The molecule has 4 heteroatoms. The highest BCUT2D eigenvalue weighted by molar-refractivity contribution is 5.95. The van der Waals surface area contributed by atoms with Crippen LogP contribution in [0.5, 0.6) is 11.5 Å². The fourth-order valence-electron chi connectivity index (χ4n) is 2.68. The Morgan fingerprint density at radius 1 is 1.00 bits per heavy atom. The summed E-state index contributed by atoms with van der Waals surface area (Å²) in [6, 6.07) is 13.2. The van der Waals surface area contributed by atoms with E-state index in [2.05, 4.69) is 0 Å². The third-order valence-electron chi connectivity index (χ3n) is 3.68. The zero-order valence-electron chi connectivity index (χ0n) is 12.0. The molecule has 0 aliphatic carbocycles. The van der Waals surface area contributed by atoms with Gasteiger partial charge in [0.2, 0.25) is 0 Å². The average Bonchev–Trinajstić information content (AvgIpc) is 2.54. The Labute approximate surface area is 123 Å². The maximum absolute atomic E-state index is 12.3. The second-order valence-electron chi connectivity index (χ2n) is 4.83. The molecular weight excluding hydrogens is 268 g/mol. The lowest BCUT2D eigenvalue weighted by atomic mass is 9.93. The number of hydrogen-bond acceptors (Lipinski definition) is 4. The molecule has 3 rings (SSSR count). The van der Waals surface area contributed by atoms with Gasteiger partial charge in [-0.3, -0.25) is 0 Å². The molecule has 1 aliphatic rings. The Balaban J connectivity index is 2.01. The predicted molar refractivity (Wildman–Crippen MR) is 77.8 cm³/mol. The van der Waals surface area contributed by atoms with Gasteiger partial charge in [0.05, 0.1) is 14.2 Å². The van der Waals surface area contributed by atoms with Crippen LogP contribution in [0.25, 0.3) is 0 Å². The van der Waals surface area contributed by atoms with Crippen LogP contribution in [0.2, 0.25) is 0 Å². The number of carbonyl (C=O) groups is 1. The Kier molecular flexibility index (Phi) is 3.52. The molecule has 0 aromatic heterocycles. The van der Waals surface area contributed by atoms with Crippen molar-refractivity contribution in [3.63, 3.8) is 0 Å². The standard InChI is InChI=1S/C17H16O4/c1-19-13-8-4-3-7-12(13)15-10-11-6-5-9-14(20-2)16(11)17(18)21-15/h3-9,15H,10H2,1-2H3. The number of carbonyl (C=O) groups excluding carboxylic acids is 1. The van der Waals surface area contributed by atoms with Gasteiger partial charge in [-0.2, -0.15) is 0 Å². The number of methoxy groups -OCH3 is 2. The first-order valence-corrected chi connectivity index (χ1v) is 6.74. The van der Waals surface area contributed by atoms with E-state index in [-0.39, 0.29) is 12.1 Å². The second kappa shape index (κ2) is 5.48. The topological polar surface area (TPSA) is 44.8 Å². The molecule has 2 aromatic rings. The Morgan fingerprint density at radius 2 is 1.71 bits per heavy atom. The molecule has 1 heterocycles. The molecule has 108 valence electrons. The first-order chi connectivity index (χ1) is 10.2. The number of cyclic esters (lactones) is 1. The molecule has 0 spiro atoms. The van der Waals surface area contributed by atoms with Crippen molar-refractivity contribution in [1.29, 1.82) is 0 Å². The molecule has 1 aliphatic heterocycles. The fraction of sp³-hybridized carbons (Fsp3) is 0.235. The van der Waals surface area contributed by atoms with Gasteiger partial charge in [0, 0.05) is 12.0 Å². The Morgan fingerprint density at radius 3 is 2.48 bits per heavy atom. The largest absolute Gasteiger partial charge is 0.496 e. The lowest BCUT2D eigenvalue weighted by Crippen LogP contribution is -2.22. The van der Waals surface area contributed by atoms with Crippen LogP contribution < -0.4 is 9.47 Å². The zero-order chi connectivity index (χ0) is 14.8. The summed E-state index contributed by atoms with van der Waals surface area (Å²) < 4.78 is 16.2. The molecule has 21 heavy (non-hydrogen) atoms. The maximum Gasteiger partial charge on any atom is 0.342 e. The minimum atomic E-state index is -0.357. The van der Waals surface area contributed by atoms with Gasteiger partial charge in [0.15, 0.2) is 0 Å². The highest BCUT2D eigenvalue weighted by atomic mass is 16.5. The van der Waals surface area contributed by atoms with Crippen molar-refractivity contribution >= 4 is 5.97 Å². The highest BCUT2D eigenvalue weighted by Gasteiger charge is 2.31. The van der Waals surface area contributed by atoms with Gasteiger partial charge in [-0.15, -0.1) is 0 Å². The Bertz CT molecular complexity index is 678. The third-order valence-corrected chi connectivity index (χ3v) is 3.68. The summed E-state index contributed by atoms with van der Waals surface area (Å²) in [7, 11) is 3.16. The van der Waals surface area contributed by atoms with E-state index in [1.165, 1.54) is 0 Å². The van der Waals surface area contributed by atoms with E-state index >= 15 is 0 Å². The molecule has 0 fully saturated rings. The summed E-state index contributed by atoms with van der Waals surface area (Å²) in [5.74, 6) is 0.919. The van der Waals surface area contributed by atoms with E-state index in [1.807, 2.05) is 36.4 Å². The Hall–Kier alpha value is -2.49. The van der Waals surface area contributed by atoms with E-state index in [9.17, 15) is 4.79 Å². The minimum absolute atomic E-state index is 0.340. The minimum Gasteiger partial charge on any atom is -0.496 e. The smallest absolute Gasteiger partial charge is 0.342 e. The average molecular weight is 284 g/mol. The van der Waals surface area contributed by atoms with E-state index in [0.717, 1.165) is 16.9 Å². The molecule has 0 bridgehead atoms. The third kappa shape index (κ3) is 2.33. The van der Waals surface area contributed by atoms with Crippen LogP contribution in [-0.2, 0) is 11.2 Å². The molecule has 4 nitrogen and oxygen atoms in total. The lowest BCUT2D eigenvalue weighted by Gasteiger charge is -2.27. The van der Waals surface area contributed by atoms with Gasteiger partial charge < -0.3 is 14.2 Å². The van der Waals surface area contributed by atoms with Gasteiger partial charge in [-0.25, -0.2) is 4.79 Å². The van der Waals surface area contributed by atoms with E-state index in [1.54, 1.807) is 20.3 Å². The summed E-state index contributed by atoms with van der Waals surface area (Å²) in [5.41, 5.74) is 2.33. The van der Waals surface area contributed by atoms with Crippen LogP contribution in [0.15, 0.2) is 42.5 Å². The first-order valence-electron chi connectivity index (χ1n) is 6.74. The molecule has 0 saturated carbocycles. The summed E-state index contributed by atoms with van der Waals surface area (Å²) in [6.45, 7) is 0. The van der Waals surface area contributed by atoms with Crippen LogP contribution in [0.3, 0.4) is 0 Å². The molecular formula is C17H16O4. The predicted octanol–water partition coefficient (Wildman–Crippen LogP) is 3.16. The molecule has 0 saturated heterocycles. The van der Waals surface area contributed by atoms with Crippen LogP contribution in [-0.4, -0.2) is 20.2 Å². The molecule has 1 unspecified atom stereocenters. The van der Waals surface area contributed by atoms with Crippen molar-refractivity contribution in [2.75, 3.05) is 14.2 Å². The maximum atomic E-state index is 12.3. The van der Waals surface area contributed by atoms with Crippen molar-refractivity contribution < 1.29 is 19.0 Å². The normalized spacial score (nSPS) is 16.9. The SMILES string of the molecule is COc1ccccc1C1Cc2cccc(OC)c2C(=O)O1. The number of ether oxygens (including phenoxy) is 3. The highest BCUT2D eigenvalue weighted by Crippen LogP contribution is 2.37. The summed E-state index contributed by atoms with van der Waals surface area (Å²) >= 11 is 0. The molecule has 2 aromatic carbocycles. The molecule has 0 N–H and O–H groups in total. The lowest BCUT2D eigenvalue weighted by molar-refractivity contribution is 0.0243. The van der Waals surface area contributed by atoms with E-state index in [0.29, 0.717) is 17.7 Å². The zero-order valence-corrected chi connectivity index (χ0v) is 12.0. The monoisotopic (exact) mass is 284 g/mol.